The molecular weight excluding hydrogens is 351 g/mol. The summed E-state index contributed by atoms with van der Waals surface area (Å²) in [6.45, 7) is 0. The fourth-order valence-corrected chi connectivity index (χ4v) is 7.40. The van der Waals surface area contributed by atoms with E-state index in [2.05, 4.69) is 72.8 Å². The minimum atomic E-state index is -2.11. The quantitative estimate of drug-likeness (QED) is 0.465. The van der Waals surface area contributed by atoms with Gasteiger partial charge in [0.05, 0.1) is 0 Å². The Labute approximate surface area is 156 Å². The normalized spacial score (nSPS) is 11.2. The Morgan fingerprint density at radius 2 is 0.840 bits per heavy atom. The summed E-state index contributed by atoms with van der Waals surface area (Å²) >= 11 is 0. The zero-order valence-electron chi connectivity index (χ0n) is 14.4. The molecular formula is C21H22ClO2P. The standard InChI is InChI=1S/C21H22O2P.ClH/c1-22-21(23-2)24(18-12-6-3-7-13-18,19-14-8-4-9-15-19)20-16-10-5-11-17-20;/h3-17,21H,1-2H3;1H/q+1;/p-1. The van der Waals surface area contributed by atoms with Gasteiger partial charge in [-0.2, -0.15) is 0 Å². The summed E-state index contributed by atoms with van der Waals surface area (Å²) < 4.78 is 11.7. The van der Waals surface area contributed by atoms with E-state index in [1.54, 1.807) is 14.2 Å². The van der Waals surface area contributed by atoms with Crippen molar-refractivity contribution in [2.24, 2.45) is 0 Å². The third kappa shape index (κ3) is 3.63. The Morgan fingerprint density at radius 1 is 0.560 bits per heavy atom. The van der Waals surface area contributed by atoms with Crippen LogP contribution in [0.3, 0.4) is 0 Å². The molecule has 0 bridgehead atoms. The van der Waals surface area contributed by atoms with Gasteiger partial charge in [0.1, 0.15) is 15.9 Å². The monoisotopic (exact) mass is 372 g/mol. The lowest BCUT2D eigenvalue weighted by Crippen LogP contribution is -3.00. The number of methoxy groups -OCH3 is 2. The van der Waals surface area contributed by atoms with E-state index in [0.717, 1.165) is 0 Å². The fraction of sp³-hybridized carbons (Fsp3) is 0.143. The number of hydrogen-bond donors (Lipinski definition) is 0. The number of ether oxygens (including phenoxy) is 2. The summed E-state index contributed by atoms with van der Waals surface area (Å²) in [5.74, 6) is 0. The fourth-order valence-electron chi connectivity index (χ4n) is 3.21. The van der Waals surface area contributed by atoms with E-state index in [1.807, 2.05) is 18.2 Å². The van der Waals surface area contributed by atoms with E-state index < -0.39 is 7.26 Å². The van der Waals surface area contributed by atoms with Crippen molar-refractivity contribution in [2.75, 3.05) is 14.2 Å². The molecule has 0 saturated carbocycles. The molecule has 0 aliphatic rings. The molecule has 0 atom stereocenters. The molecule has 4 heteroatoms. The van der Waals surface area contributed by atoms with Gasteiger partial charge in [-0.15, -0.1) is 0 Å². The Hall–Kier alpha value is -1.70. The van der Waals surface area contributed by atoms with Crippen LogP contribution in [-0.2, 0) is 9.47 Å². The molecule has 0 unspecified atom stereocenters. The van der Waals surface area contributed by atoms with Crippen LogP contribution in [0.1, 0.15) is 0 Å². The maximum absolute atomic E-state index is 5.86. The Balaban J connectivity index is 0.00000225. The number of hydrogen-bond acceptors (Lipinski definition) is 2. The highest BCUT2D eigenvalue weighted by Crippen LogP contribution is 2.60. The molecule has 0 heterocycles. The molecule has 0 fully saturated rings. The summed E-state index contributed by atoms with van der Waals surface area (Å²) in [5, 5.41) is 3.74. The lowest BCUT2D eigenvalue weighted by Gasteiger charge is -2.32. The third-order valence-electron chi connectivity index (χ3n) is 4.21. The van der Waals surface area contributed by atoms with Gasteiger partial charge >= 0.3 is 0 Å². The second-order valence-corrected chi connectivity index (χ2v) is 8.92. The van der Waals surface area contributed by atoms with Crippen LogP contribution in [0.25, 0.3) is 0 Å². The average molecular weight is 373 g/mol. The predicted octanol–water partition coefficient (Wildman–Crippen LogP) is 0.561. The Kier molecular flexibility index (Phi) is 7.16. The lowest BCUT2D eigenvalue weighted by molar-refractivity contribution is -0.0391. The van der Waals surface area contributed by atoms with Crippen LogP contribution < -0.4 is 28.3 Å². The summed E-state index contributed by atoms with van der Waals surface area (Å²) in [4.78, 5) is 0. The number of halogens is 1. The van der Waals surface area contributed by atoms with Gasteiger partial charge in [0.15, 0.2) is 7.26 Å². The van der Waals surface area contributed by atoms with Crippen molar-refractivity contribution in [1.29, 1.82) is 0 Å². The molecule has 0 radical (unpaired) electrons. The maximum atomic E-state index is 5.86. The summed E-state index contributed by atoms with van der Waals surface area (Å²) in [7, 11) is 1.33. The topological polar surface area (TPSA) is 18.5 Å². The second-order valence-electron chi connectivity index (χ2n) is 5.51. The molecule has 0 saturated heterocycles. The van der Waals surface area contributed by atoms with Crippen LogP contribution in [0, 0.1) is 0 Å². The number of rotatable bonds is 6. The molecule has 25 heavy (non-hydrogen) atoms. The molecule has 0 N–H and O–H groups in total. The molecule has 0 amide bonds. The maximum Gasteiger partial charge on any atom is 0.287 e. The van der Waals surface area contributed by atoms with Crippen LogP contribution >= 0.6 is 7.26 Å². The van der Waals surface area contributed by atoms with E-state index in [0.29, 0.717) is 0 Å². The second kappa shape index (κ2) is 9.12. The number of benzene rings is 3. The first kappa shape index (κ1) is 19.6. The van der Waals surface area contributed by atoms with Crippen LogP contribution in [0.15, 0.2) is 91.0 Å². The van der Waals surface area contributed by atoms with Crippen LogP contribution in [0.4, 0.5) is 0 Å². The summed E-state index contributed by atoms with van der Waals surface area (Å²) in [6, 6.07) is 31.4. The molecule has 0 spiro atoms. The van der Waals surface area contributed by atoms with E-state index in [1.165, 1.54) is 15.9 Å². The smallest absolute Gasteiger partial charge is 0.287 e. The molecule has 0 aromatic heterocycles. The third-order valence-corrected chi connectivity index (χ3v) is 8.60. The van der Waals surface area contributed by atoms with Crippen molar-refractivity contribution >= 4 is 23.2 Å². The van der Waals surface area contributed by atoms with Gasteiger partial charge < -0.3 is 21.9 Å². The van der Waals surface area contributed by atoms with Gasteiger partial charge in [0.2, 0.25) is 0 Å². The Morgan fingerprint density at radius 3 is 1.08 bits per heavy atom. The highest BCUT2D eigenvalue weighted by Gasteiger charge is 2.54. The van der Waals surface area contributed by atoms with Crippen molar-refractivity contribution in [2.45, 2.75) is 6.03 Å². The van der Waals surface area contributed by atoms with Gasteiger partial charge in [-0.1, -0.05) is 54.6 Å². The van der Waals surface area contributed by atoms with Crippen molar-refractivity contribution in [3.63, 3.8) is 0 Å². The SMILES string of the molecule is COC(OC)[P+](c1ccccc1)(c1ccccc1)c1ccccc1.[Cl-]. The van der Waals surface area contributed by atoms with Gasteiger partial charge in [-0.3, -0.25) is 0 Å². The summed E-state index contributed by atoms with van der Waals surface area (Å²) in [5.41, 5.74) is 0. The molecule has 2 nitrogen and oxygen atoms in total. The van der Waals surface area contributed by atoms with Crippen LogP contribution in [0.2, 0.25) is 0 Å². The van der Waals surface area contributed by atoms with Crippen molar-refractivity contribution < 1.29 is 21.9 Å². The lowest BCUT2D eigenvalue weighted by atomic mass is 10.4. The first-order valence-corrected chi connectivity index (χ1v) is 9.81. The van der Waals surface area contributed by atoms with Gasteiger partial charge in [0.25, 0.3) is 6.03 Å². The highest BCUT2D eigenvalue weighted by atomic mass is 35.5. The van der Waals surface area contributed by atoms with Crippen molar-refractivity contribution in [3.05, 3.63) is 91.0 Å². The van der Waals surface area contributed by atoms with Gasteiger partial charge in [0, 0.05) is 14.2 Å². The zero-order valence-corrected chi connectivity index (χ0v) is 16.0. The molecule has 130 valence electrons. The first-order valence-electron chi connectivity index (χ1n) is 7.95. The minimum Gasteiger partial charge on any atom is -1.00 e. The zero-order chi connectivity index (χ0) is 16.8. The van der Waals surface area contributed by atoms with Gasteiger partial charge in [-0.05, 0) is 36.4 Å². The highest BCUT2D eigenvalue weighted by molar-refractivity contribution is 7.96. The largest absolute Gasteiger partial charge is 1.00 e. The van der Waals surface area contributed by atoms with E-state index >= 15 is 0 Å². The molecule has 0 aliphatic carbocycles. The van der Waals surface area contributed by atoms with Crippen LogP contribution in [0.5, 0.6) is 0 Å². The average Bonchev–Trinajstić information content (AvgIpc) is 2.68. The van der Waals surface area contributed by atoms with E-state index in [-0.39, 0.29) is 18.4 Å². The Bertz CT molecular complexity index is 650. The van der Waals surface area contributed by atoms with Crippen LogP contribution in [-0.4, -0.2) is 20.3 Å². The first-order chi connectivity index (χ1) is 11.8. The summed E-state index contributed by atoms with van der Waals surface area (Å²) in [6.07, 6.45) is 0. The van der Waals surface area contributed by atoms with Crippen molar-refractivity contribution in [3.8, 4) is 0 Å². The molecule has 3 rings (SSSR count). The predicted molar refractivity (Wildman–Crippen MR) is 103 cm³/mol. The molecule has 0 aliphatic heterocycles. The van der Waals surface area contributed by atoms with E-state index in [9.17, 15) is 0 Å². The van der Waals surface area contributed by atoms with Gasteiger partial charge in [-0.25, -0.2) is 0 Å². The molecule has 3 aromatic rings. The van der Waals surface area contributed by atoms with E-state index in [4.69, 9.17) is 9.47 Å². The van der Waals surface area contributed by atoms with Crippen molar-refractivity contribution in [1.82, 2.24) is 0 Å². The molecule has 3 aromatic carbocycles. The minimum absolute atomic E-state index is 0.